The first-order valence-corrected chi connectivity index (χ1v) is 12.5. The predicted octanol–water partition coefficient (Wildman–Crippen LogP) is 2.10. The van der Waals surface area contributed by atoms with E-state index in [1.165, 1.54) is 38.0 Å². The highest BCUT2D eigenvalue weighted by Gasteiger charge is 2.45. The summed E-state index contributed by atoms with van der Waals surface area (Å²) in [5, 5.41) is 62.4. The van der Waals surface area contributed by atoms with Gasteiger partial charge in [0.2, 0.25) is 0 Å². The standard InChI is InChI=1S/C25H26F3N5O8.C2H6/c1-31(2)18-17(24(39,40)22(35)36)19(32(3)4)30-21(29-18)23(37,38)14-9-11-16(12-10-14)33(41)20(34)13-5-7-15(8-6-13)25(26,27)28;1-2/h5-12,37-41H,1-4H3,(H,35,36);1-2H3. The molecule has 1 heterocycles. The first-order chi connectivity index (χ1) is 19.8. The van der Waals surface area contributed by atoms with Crippen LogP contribution in [-0.2, 0) is 22.5 Å². The van der Waals surface area contributed by atoms with Crippen LogP contribution in [0.2, 0.25) is 0 Å². The van der Waals surface area contributed by atoms with Crippen molar-refractivity contribution in [3.05, 3.63) is 76.6 Å². The normalized spacial score (nSPS) is 11.8. The van der Waals surface area contributed by atoms with Crippen LogP contribution in [0.5, 0.6) is 0 Å². The second-order valence-corrected chi connectivity index (χ2v) is 9.25. The second-order valence-electron chi connectivity index (χ2n) is 9.25. The van der Waals surface area contributed by atoms with Gasteiger partial charge in [-0.1, -0.05) is 26.0 Å². The SMILES string of the molecule is CC.CN(C)c1nc(C(O)(O)c2ccc(N(O)C(=O)c3ccc(C(F)(F)F)cc3)cc2)nc(N(C)C)c1C(O)(O)C(=O)O. The van der Waals surface area contributed by atoms with Crippen LogP contribution in [-0.4, -0.2) is 80.8 Å². The molecule has 0 spiro atoms. The minimum absolute atomic E-state index is 0.149. The van der Waals surface area contributed by atoms with E-state index in [-0.39, 0.29) is 33.5 Å². The van der Waals surface area contributed by atoms with Gasteiger partial charge >= 0.3 is 12.1 Å². The third-order valence-electron chi connectivity index (χ3n) is 5.84. The van der Waals surface area contributed by atoms with Gasteiger partial charge in [0.05, 0.1) is 11.3 Å². The van der Waals surface area contributed by atoms with Gasteiger partial charge in [0.1, 0.15) is 17.2 Å². The molecule has 1 aromatic heterocycles. The number of aliphatic hydroxyl groups is 4. The lowest BCUT2D eigenvalue weighted by atomic mass is 10.0. The fourth-order valence-corrected chi connectivity index (χ4v) is 3.66. The zero-order valence-electron chi connectivity index (χ0n) is 24.0. The van der Waals surface area contributed by atoms with Crippen LogP contribution in [0.1, 0.15) is 46.7 Å². The van der Waals surface area contributed by atoms with E-state index in [1.807, 2.05) is 13.8 Å². The smallest absolute Gasteiger partial charge is 0.416 e. The number of carboxylic acid groups (broad SMARTS) is 1. The van der Waals surface area contributed by atoms with Gasteiger partial charge in [-0.15, -0.1) is 0 Å². The number of rotatable bonds is 8. The molecule has 0 unspecified atom stereocenters. The summed E-state index contributed by atoms with van der Waals surface area (Å²) in [5.41, 5.74) is -2.35. The van der Waals surface area contributed by atoms with E-state index in [2.05, 4.69) is 9.97 Å². The molecule has 3 rings (SSSR count). The fourth-order valence-electron chi connectivity index (χ4n) is 3.66. The number of carbonyl (C=O) groups excluding carboxylic acids is 1. The Kier molecular flexibility index (Phi) is 10.4. The number of alkyl halides is 3. The maximum Gasteiger partial charge on any atom is 0.416 e. The van der Waals surface area contributed by atoms with Crippen molar-refractivity contribution in [1.29, 1.82) is 0 Å². The molecule has 6 N–H and O–H groups in total. The number of aliphatic carboxylic acids is 1. The number of carboxylic acids is 1. The number of amides is 1. The van der Waals surface area contributed by atoms with E-state index >= 15 is 0 Å². The van der Waals surface area contributed by atoms with Crippen LogP contribution in [0.4, 0.5) is 30.5 Å². The molecule has 234 valence electrons. The maximum absolute atomic E-state index is 12.8. The van der Waals surface area contributed by atoms with Crippen molar-refractivity contribution in [2.75, 3.05) is 43.1 Å². The van der Waals surface area contributed by atoms with Crippen molar-refractivity contribution in [2.24, 2.45) is 0 Å². The Morgan fingerprint density at radius 3 is 1.53 bits per heavy atom. The molecule has 0 radical (unpaired) electrons. The van der Waals surface area contributed by atoms with E-state index < -0.39 is 46.6 Å². The zero-order valence-corrected chi connectivity index (χ0v) is 24.0. The molecule has 13 nitrogen and oxygen atoms in total. The predicted molar refractivity (Wildman–Crippen MR) is 147 cm³/mol. The number of aromatic nitrogens is 2. The highest BCUT2D eigenvalue weighted by Crippen LogP contribution is 2.37. The number of halogens is 3. The van der Waals surface area contributed by atoms with Crippen molar-refractivity contribution in [1.82, 2.24) is 9.97 Å². The summed E-state index contributed by atoms with van der Waals surface area (Å²) in [5.74, 6) is -10.9. The largest absolute Gasteiger partial charge is 0.477 e. The molecule has 0 fully saturated rings. The molecule has 16 heteroatoms. The van der Waals surface area contributed by atoms with Gasteiger partial charge in [-0.25, -0.2) is 14.8 Å². The Hall–Kier alpha value is -4.35. The van der Waals surface area contributed by atoms with Gasteiger partial charge < -0.3 is 35.3 Å². The quantitative estimate of drug-likeness (QED) is 0.124. The minimum Gasteiger partial charge on any atom is -0.477 e. The van der Waals surface area contributed by atoms with Gasteiger partial charge in [-0.2, -0.15) is 18.2 Å². The molecule has 1 amide bonds. The third-order valence-corrected chi connectivity index (χ3v) is 5.84. The molecule has 0 atom stereocenters. The number of anilines is 3. The lowest BCUT2D eigenvalue weighted by Crippen LogP contribution is -2.40. The van der Waals surface area contributed by atoms with E-state index in [0.717, 1.165) is 36.4 Å². The van der Waals surface area contributed by atoms with Gasteiger partial charge in [-0.05, 0) is 36.4 Å². The summed E-state index contributed by atoms with van der Waals surface area (Å²) in [6.07, 6.45) is -4.61. The van der Waals surface area contributed by atoms with Crippen molar-refractivity contribution >= 4 is 29.2 Å². The first-order valence-electron chi connectivity index (χ1n) is 12.5. The average molecular weight is 612 g/mol. The van der Waals surface area contributed by atoms with Crippen molar-refractivity contribution in [2.45, 2.75) is 31.6 Å². The lowest BCUT2D eigenvalue weighted by Gasteiger charge is -2.30. The van der Waals surface area contributed by atoms with E-state index in [0.29, 0.717) is 12.1 Å². The van der Waals surface area contributed by atoms with Crippen LogP contribution in [0.25, 0.3) is 0 Å². The van der Waals surface area contributed by atoms with Gasteiger partial charge in [0, 0.05) is 39.3 Å². The van der Waals surface area contributed by atoms with Crippen LogP contribution in [0.15, 0.2) is 48.5 Å². The summed E-state index contributed by atoms with van der Waals surface area (Å²) < 4.78 is 38.3. The van der Waals surface area contributed by atoms with Crippen molar-refractivity contribution in [3.8, 4) is 0 Å². The molecule has 0 aliphatic heterocycles. The Morgan fingerprint density at radius 2 is 1.16 bits per heavy atom. The minimum atomic E-state index is -4.61. The van der Waals surface area contributed by atoms with Gasteiger partial charge in [0.25, 0.3) is 17.5 Å². The van der Waals surface area contributed by atoms with E-state index in [4.69, 9.17) is 0 Å². The summed E-state index contributed by atoms with van der Waals surface area (Å²) in [6.45, 7) is 4.00. The molecule has 0 aliphatic rings. The van der Waals surface area contributed by atoms with Crippen LogP contribution >= 0.6 is 0 Å². The number of hydroxylamine groups is 1. The molecule has 43 heavy (non-hydrogen) atoms. The summed E-state index contributed by atoms with van der Waals surface area (Å²) in [6, 6.07) is 7.50. The number of nitrogens with zero attached hydrogens (tertiary/aromatic N) is 5. The van der Waals surface area contributed by atoms with Crippen LogP contribution < -0.4 is 14.9 Å². The highest BCUT2D eigenvalue weighted by atomic mass is 19.4. The molecule has 2 aromatic carbocycles. The van der Waals surface area contributed by atoms with Crippen molar-refractivity contribution in [3.63, 3.8) is 0 Å². The number of carbonyl (C=O) groups is 2. The summed E-state index contributed by atoms with van der Waals surface area (Å²) in [7, 11) is 5.56. The Labute approximate surface area is 244 Å². The van der Waals surface area contributed by atoms with E-state index in [9.17, 15) is 53.5 Å². The Morgan fingerprint density at radius 1 is 0.744 bits per heavy atom. The molecule has 3 aromatic rings. The molecule has 0 aliphatic carbocycles. The van der Waals surface area contributed by atoms with Gasteiger partial charge in [0.15, 0.2) is 5.82 Å². The molecular weight excluding hydrogens is 579 g/mol. The second kappa shape index (κ2) is 12.9. The monoisotopic (exact) mass is 611 g/mol. The average Bonchev–Trinajstić information content (AvgIpc) is 2.96. The highest BCUT2D eigenvalue weighted by molar-refractivity contribution is 6.04. The Balaban J connectivity index is 0.00000316. The first kappa shape index (κ1) is 34.8. The number of hydrogen-bond donors (Lipinski definition) is 6. The fraction of sp³-hybridized carbons (Fsp3) is 0.333. The Bertz CT molecular complexity index is 1420. The number of hydrogen-bond acceptors (Lipinski definition) is 11. The van der Waals surface area contributed by atoms with Crippen molar-refractivity contribution < 1.29 is 53.5 Å². The topological polar surface area (TPSA) is 191 Å². The summed E-state index contributed by atoms with van der Waals surface area (Å²) >= 11 is 0. The lowest BCUT2D eigenvalue weighted by molar-refractivity contribution is -0.207. The molecular formula is C27H32F3N5O8. The summed E-state index contributed by atoms with van der Waals surface area (Å²) in [4.78, 5) is 34.5. The van der Waals surface area contributed by atoms with Gasteiger partial charge in [-0.3, -0.25) is 10.0 Å². The van der Waals surface area contributed by atoms with Crippen LogP contribution in [0, 0.1) is 0 Å². The van der Waals surface area contributed by atoms with Crippen LogP contribution in [0.3, 0.4) is 0 Å². The maximum atomic E-state index is 12.8. The molecule has 0 saturated carbocycles. The zero-order chi connectivity index (χ0) is 33.1. The third kappa shape index (κ3) is 7.18. The molecule has 0 bridgehead atoms. The van der Waals surface area contributed by atoms with E-state index in [1.54, 1.807) is 0 Å². The molecule has 0 saturated heterocycles. The number of benzene rings is 2.